The van der Waals surface area contributed by atoms with E-state index < -0.39 is 0 Å². The fourth-order valence-corrected chi connectivity index (χ4v) is 2.31. The second-order valence-corrected chi connectivity index (χ2v) is 5.22. The SMILES string of the molecule is CCCCCCCCCCCCc1cc(=O)[nH][nH]1. The van der Waals surface area contributed by atoms with Crippen molar-refractivity contribution in [3.05, 3.63) is 22.1 Å². The number of nitrogens with one attached hydrogen (secondary N) is 2. The molecule has 0 bridgehead atoms. The Balaban J connectivity index is 1.83. The van der Waals surface area contributed by atoms with Crippen molar-refractivity contribution in [2.24, 2.45) is 0 Å². The number of aromatic nitrogens is 2. The zero-order valence-electron chi connectivity index (χ0n) is 11.8. The lowest BCUT2D eigenvalue weighted by molar-refractivity contribution is 0.555. The molecule has 1 rings (SSSR count). The molecule has 0 aliphatic carbocycles. The van der Waals surface area contributed by atoms with Gasteiger partial charge in [-0.1, -0.05) is 64.7 Å². The summed E-state index contributed by atoms with van der Waals surface area (Å²) >= 11 is 0. The van der Waals surface area contributed by atoms with E-state index in [1.807, 2.05) is 0 Å². The quantitative estimate of drug-likeness (QED) is 0.571. The zero-order chi connectivity index (χ0) is 13.1. The Morgan fingerprint density at radius 1 is 0.833 bits per heavy atom. The third-order valence-electron chi connectivity index (χ3n) is 3.45. The predicted molar refractivity (Wildman–Crippen MR) is 77.0 cm³/mol. The minimum atomic E-state index is -0.0166. The van der Waals surface area contributed by atoms with Crippen molar-refractivity contribution in [2.45, 2.75) is 77.6 Å². The number of aromatic amines is 2. The summed E-state index contributed by atoms with van der Waals surface area (Å²) in [5, 5.41) is 5.47. The standard InChI is InChI=1S/C15H28N2O/c1-2-3-4-5-6-7-8-9-10-11-12-14-13-15(18)17-16-14/h13H,2-12H2,1H3,(H2,16,17,18). The van der Waals surface area contributed by atoms with Crippen LogP contribution in [0.15, 0.2) is 10.9 Å². The molecule has 3 nitrogen and oxygen atoms in total. The van der Waals surface area contributed by atoms with Crippen LogP contribution in [0, 0.1) is 0 Å². The highest BCUT2D eigenvalue weighted by molar-refractivity contribution is 4.97. The number of rotatable bonds is 11. The van der Waals surface area contributed by atoms with Gasteiger partial charge in [0.2, 0.25) is 0 Å². The predicted octanol–water partition coefficient (Wildman–Crippen LogP) is 4.17. The van der Waals surface area contributed by atoms with Crippen LogP contribution in [0.4, 0.5) is 0 Å². The molecule has 1 heterocycles. The largest absolute Gasteiger partial charge is 0.302 e. The second-order valence-electron chi connectivity index (χ2n) is 5.22. The number of unbranched alkanes of at least 4 members (excludes halogenated alkanes) is 9. The maximum absolute atomic E-state index is 10.9. The number of H-pyrrole nitrogens is 2. The molecule has 0 spiro atoms. The lowest BCUT2D eigenvalue weighted by Gasteiger charge is -2.01. The van der Waals surface area contributed by atoms with Gasteiger partial charge in [-0.15, -0.1) is 0 Å². The molecule has 18 heavy (non-hydrogen) atoms. The van der Waals surface area contributed by atoms with Crippen molar-refractivity contribution in [3.63, 3.8) is 0 Å². The van der Waals surface area contributed by atoms with Gasteiger partial charge in [0, 0.05) is 11.8 Å². The fraction of sp³-hybridized carbons (Fsp3) is 0.800. The van der Waals surface area contributed by atoms with Gasteiger partial charge in [0.05, 0.1) is 0 Å². The Kier molecular flexibility index (Phi) is 8.36. The van der Waals surface area contributed by atoms with Crippen molar-refractivity contribution in [1.29, 1.82) is 0 Å². The van der Waals surface area contributed by atoms with E-state index in [9.17, 15) is 4.79 Å². The smallest absolute Gasteiger partial charge is 0.264 e. The molecule has 0 aromatic carbocycles. The maximum atomic E-state index is 10.9. The molecular weight excluding hydrogens is 224 g/mol. The molecule has 1 aromatic rings. The van der Waals surface area contributed by atoms with Crippen molar-refractivity contribution in [3.8, 4) is 0 Å². The van der Waals surface area contributed by atoms with Crippen LogP contribution in [0.5, 0.6) is 0 Å². The van der Waals surface area contributed by atoms with Gasteiger partial charge in [-0.3, -0.25) is 9.89 Å². The van der Waals surface area contributed by atoms with E-state index >= 15 is 0 Å². The molecule has 104 valence electrons. The Bertz CT molecular complexity index is 340. The summed E-state index contributed by atoms with van der Waals surface area (Å²) in [5.74, 6) is 0. The van der Waals surface area contributed by atoms with E-state index in [-0.39, 0.29) is 5.56 Å². The molecule has 0 amide bonds. The van der Waals surface area contributed by atoms with Crippen molar-refractivity contribution < 1.29 is 0 Å². The summed E-state index contributed by atoms with van der Waals surface area (Å²) in [7, 11) is 0. The zero-order valence-corrected chi connectivity index (χ0v) is 11.8. The monoisotopic (exact) mass is 252 g/mol. The van der Waals surface area contributed by atoms with E-state index in [2.05, 4.69) is 17.1 Å². The van der Waals surface area contributed by atoms with Crippen LogP contribution in [-0.4, -0.2) is 10.2 Å². The first-order chi connectivity index (χ1) is 8.83. The van der Waals surface area contributed by atoms with E-state index in [4.69, 9.17) is 0 Å². The van der Waals surface area contributed by atoms with Gasteiger partial charge in [0.25, 0.3) is 5.56 Å². The Morgan fingerprint density at radius 3 is 1.89 bits per heavy atom. The molecule has 0 saturated carbocycles. The molecule has 2 N–H and O–H groups in total. The Hall–Kier alpha value is -0.990. The summed E-state index contributed by atoms with van der Waals surface area (Å²) in [6, 6.07) is 1.66. The van der Waals surface area contributed by atoms with Crippen molar-refractivity contribution >= 4 is 0 Å². The van der Waals surface area contributed by atoms with Crippen LogP contribution in [-0.2, 0) is 6.42 Å². The lowest BCUT2D eigenvalue weighted by atomic mass is 10.1. The molecule has 1 aromatic heterocycles. The fourth-order valence-electron chi connectivity index (χ4n) is 2.31. The van der Waals surface area contributed by atoms with Crippen LogP contribution in [0.1, 0.15) is 76.8 Å². The molecule has 0 fully saturated rings. The molecule has 3 heteroatoms. The first-order valence-corrected chi connectivity index (χ1v) is 7.59. The van der Waals surface area contributed by atoms with Gasteiger partial charge in [-0.25, -0.2) is 0 Å². The van der Waals surface area contributed by atoms with Crippen LogP contribution in [0.25, 0.3) is 0 Å². The number of aryl methyl sites for hydroxylation is 1. The molecular formula is C15H28N2O. The third kappa shape index (κ3) is 7.36. The van der Waals surface area contributed by atoms with Gasteiger partial charge in [-0.2, -0.15) is 0 Å². The highest BCUT2D eigenvalue weighted by Gasteiger charge is 1.96. The summed E-state index contributed by atoms with van der Waals surface area (Å²) < 4.78 is 0. The van der Waals surface area contributed by atoms with Gasteiger partial charge in [-0.05, 0) is 12.8 Å². The van der Waals surface area contributed by atoms with E-state index in [1.165, 1.54) is 64.2 Å². The van der Waals surface area contributed by atoms with Crippen molar-refractivity contribution in [1.82, 2.24) is 10.2 Å². The molecule has 0 aliphatic rings. The summed E-state index contributed by atoms with van der Waals surface area (Å²) in [4.78, 5) is 10.9. The van der Waals surface area contributed by atoms with Gasteiger partial charge < -0.3 is 5.10 Å². The normalized spacial score (nSPS) is 10.9. The van der Waals surface area contributed by atoms with Gasteiger partial charge in [0.15, 0.2) is 0 Å². The molecule has 0 radical (unpaired) electrons. The maximum Gasteiger partial charge on any atom is 0.264 e. The number of hydrogen-bond acceptors (Lipinski definition) is 1. The molecule has 0 unspecified atom stereocenters. The van der Waals surface area contributed by atoms with Crippen molar-refractivity contribution in [2.75, 3.05) is 0 Å². The van der Waals surface area contributed by atoms with E-state index in [1.54, 1.807) is 6.07 Å². The first kappa shape index (κ1) is 15.1. The number of hydrogen-bond donors (Lipinski definition) is 2. The third-order valence-corrected chi connectivity index (χ3v) is 3.45. The van der Waals surface area contributed by atoms with E-state index in [0.29, 0.717) is 0 Å². The van der Waals surface area contributed by atoms with Gasteiger partial charge in [0.1, 0.15) is 0 Å². The molecule has 0 atom stereocenters. The molecule has 0 aliphatic heterocycles. The van der Waals surface area contributed by atoms with Gasteiger partial charge >= 0.3 is 0 Å². The average Bonchev–Trinajstić information content (AvgIpc) is 2.77. The van der Waals surface area contributed by atoms with Crippen LogP contribution in [0.3, 0.4) is 0 Å². The van der Waals surface area contributed by atoms with Crippen LogP contribution >= 0.6 is 0 Å². The Labute approximate surface area is 110 Å². The second kappa shape index (κ2) is 9.98. The summed E-state index contributed by atoms with van der Waals surface area (Å²) in [6.45, 7) is 2.26. The molecule has 0 saturated heterocycles. The highest BCUT2D eigenvalue weighted by atomic mass is 16.1. The first-order valence-electron chi connectivity index (χ1n) is 7.59. The minimum absolute atomic E-state index is 0.0166. The summed E-state index contributed by atoms with van der Waals surface area (Å²) in [5.41, 5.74) is 1.02. The van der Waals surface area contributed by atoms with E-state index in [0.717, 1.165) is 12.1 Å². The summed E-state index contributed by atoms with van der Waals surface area (Å²) in [6.07, 6.45) is 14.5. The van der Waals surface area contributed by atoms with Crippen LogP contribution < -0.4 is 5.56 Å². The highest BCUT2D eigenvalue weighted by Crippen LogP contribution is 2.11. The average molecular weight is 252 g/mol. The minimum Gasteiger partial charge on any atom is -0.302 e. The lowest BCUT2D eigenvalue weighted by Crippen LogP contribution is -1.93. The Morgan fingerprint density at radius 2 is 1.39 bits per heavy atom. The topological polar surface area (TPSA) is 48.6 Å². The van der Waals surface area contributed by atoms with Crippen LogP contribution in [0.2, 0.25) is 0 Å².